The van der Waals surface area contributed by atoms with Gasteiger partial charge in [0.2, 0.25) is 0 Å². The van der Waals surface area contributed by atoms with Crippen LogP contribution >= 0.6 is 0 Å². The molecule has 24 heavy (non-hydrogen) atoms. The van der Waals surface area contributed by atoms with Crippen LogP contribution < -0.4 is 10.1 Å². The van der Waals surface area contributed by atoms with Crippen LogP contribution in [0.4, 0.5) is 4.79 Å². The molecule has 1 aliphatic rings. The molecule has 6 heteroatoms. The van der Waals surface area contributed by atoms with Crippen LogP contribution in [-0.2, 0) is 11.2 Å². The summed E-state index contributed by atoms with van der Waals surface area (Å²) < 4.78 is 5.28. The van der Waals surface area contributed by atoms with Gasteiger partial charge in [-0.25, -0.2) is 4.79 Å². The van der Waals surface area contributed by atoms with Crippen LogP contribution in [0.25, 0.3) is 0 Å². The molecule has 2 N–H and O–H groups in total. The number of hydrogen-bond acceptors (Lipinski definition) is 3. The van der Waals surface area contributed by atoms with Crippen LogP contribution in [-0.4, -0.2) is 49.3 Å². The average Bonchev–Trinajstić information content (AvgIpc) is 2.58. The van der Waals surface area contributed by atoms with Crippen LogP contribution in [0.5, 0.6) is 5.75 Å². The lowest BCUT2D eigenvalue weighted by Gasteiger charge is -2.27. The van der Waals surface area contributed by atoms with E-state index in [0.717, 1.165) is 25.0 Å². The molecule has 0 radical (unpaired) electrons. The Labute approximate surface area is 142 Å². The van der Waals surface area contributed by atoms with Crippen molar-refractivity contribution >= 4 is 12.0 Å². The molecular formula is C18H26N2O4. The Bertz CT molecular complexity index is 603. The van der Waals surface area contributed by atoms with Crippen molar-refractivity contribution in [1.29, 1.82) is 0 Å². The first-order chi connectivity index (χ1) is 11.4. The number of benzene rings is 1. The largest absolute Gasteiger partial charge is 0.497 e. The molecule has 6 nitrogen and oxygen atoms in total. The number of nitrogens with zero attached hydrogens (tertiary/aromatic N) is 1. The van der Waals surface area contributed by atoms with Crippen molar-refractivity contribution in [2.45, 2.75) is 32.1 Å². The summed E-state index contributed by atoms with van der Waals surface area (Å²) in [6.45, 7) is 2.35. The van der Waals surface area contributed by atoms with Gasteiger partial charge in [-0.05, 0) is 42.5 Å². The summed E-state index contributed by atoms with van der Waals surface area (Å²) in [6.07, 6.45) is 3.16. The minimum absolute atomic E-state index is 0.194. The summed E-state index contributed by atoms with van der Waals surface area (Å²) in [7, 11) is 3.28. The van der Waals surface area contributed by atoms with Crippen molar-refractivity contribution in [3.05, 3.63) is 29.3 Å². The summed E-state index contributed by atoms with van der Waals surface area (Å²) >= 11 is 0. The van der Waals surface area contributed by atoms with Crippen molar-refractivity contribution < 1.29 is 19.4 Å². The predicted octanol–water partition coefficient (Wildman–Crippen LogP) is 2.48. The molecule has 2 unspecified atom stereocenters. The number of carboxylic acid groups (broad SMARTS) is 1. The van der Waals surface area contributed by atoms with Gasteiger partial charge in [-0.3, -0.25) is 4.79 Å². The standard InChI is InChI=1S/C18H26N2O4/c1-12(17(21)22)11-20(2)18(23)19-10-14-6-4-5-13-9-15(24-3)7-8-16(13)14/h7-9,12,14H,4-6,10-11H2,1-3H3,(H,19,23)(H,21,22). The smallest absolute Gasteiger partial charge is 0.317 e. The van der Waals surface area contributed by atoms with Gasteiger partial charge >= 0.3 is 12.0 Å². The summed E-state index contributed by atoms with van der Waals surface area (Å²) in [6, 6.07) is 5.88. The summed E-state index contributed by atoms with van der Waals surface area (Å²) in [5, 5.41) is 11.9. The highest BCUT2D eigenvalue weighted by atomic mass is 16.5. The van der Waals surface area contributed by atoms with E-state index in [9.17, 15) is 9.59 Å². The second-order valence-electron chi connectivity index (χ2n) is 6.46. The van der Waals surface area contributed by atoms with E-state index in [-0.39, 0.29) is 18.5 Å². The molecule has 0 bridgehead atoms. The molecule has 1 aromatic carbocycles. The quantitative estimate of drug-likeness (QED) is 0.838. The second kappa shape index (κ2) is 8.04. The third kappa shape index (κ3) is 4.40. The fourth-order valence-corrected chi connectivity index (χ4v) is 3.15. The number of carbonyl (C=O) groups excluding carboxylic acids is 1. The minimum atomic E-state index is -0.898. The van der Waals surface area contributed by atoms with Crippen molar-refractivity contribution in [2.24, 2.45) is 5.92 Å². The van der Waals surface area contributed by atoms with Crippen LogP contribution in [0.1, 0.15) is 36.8 Å². The molecule has 132 valence electrons. The number of fused-ring (bicyclic) bond motifs is 1. The first-order valence-corrected chi connectivity index (χ1v) is 8.31. The fourth-order valence-electron chi connectivity index (χ4n) is 3.15. The monoisotopic (exact) mass is 334 g/mol. The van der Waals surface area contributed by atoms with E-state index < -0.39 is 11.9 Å². The van der Waals surface area contributed by atoms with Crippen LogP contribution in [0.15, 0.2) is 18.2 Å². The van der Waals surface area contributed by atoms with Gasteiger partial charge in [-0.1, -0.05) is 13.0 Å². The lowest BCUT2D eigenvalue weighted by molar-refractivity contribution is -0.141. The van der Waals surface area contributed by atoms with E-state index in [1.807, 2.05) is 6.07 Å². The number of amides is 2. The fraction of sp³-hybridized carbons (Fsp3) is 0.556. The zero-order chi connectivity index (χ0) is 17.7. The summed E-state index contributed by atoms with van der Waals surface area (Å²) in [4.78, 5) is 24.5. The maximum Gasteiger partial charge on any atom is 0.317 e. The number of ether oxygens (including phenoxy) is 1. The highest BCUT2D eigenvalue weighted by molar-refractivity contribution is 5.75. The molecule has 1 aliphatic carbocycles. The molecule has 2 atom stereocenters. The Hall–Kier alpha value is -2.24. The molecule has 0 heterocycles. The number of hydrogen-bond donors (Lipinski definition) is 2. The zero-order valence-electron chi connectivity index (χ0n) is 14.5. The molecule has 0 spiro atoms. The topological polar surface area (TPSA) is 78.9 Å². The van der Waals surface area contributed by atoms with Crippen LogP contribution in [0.2, 0.25) is 0 Å². The number of aryl methyl sites for hydroxylation is 1. The Morgan fingerprint density at radius 2 is 2.21 bits per heavy atom. The first kappa shape index (κ1) is 18.1. The van der Waals surface area contributed by atoms with Crippen LogP contribution in [0, 0.1) is 5.92 Å². The molecule has 2 rings (SSSR count). The molecule has 2 amide bonds. The number of nitrogens with one attached hydrogen (secondary N) is 1. The summed E-state index contributed by atoms with van der Waals surface area (Å²) in [5.41, 5.74) is 2.55. The van der Waals surface area contributed by atoms with E-state index >= 15 is 0 Å². The van der Waals surface area contributed by atoms with Gasteiger partial charge in [-0.15, -0.1) is 0 Å². The Kier molecular flexibility index (Phi) is 6.06. The lowest BCUT2D eigenvalue weighted by atomic mass is 9.82. The minimum Gasteiger partial charge on any atom is -0.497 e. The van der Waals surface area contributed by atoms with E-state index in [0.29, 0.717) is 6.54 Å². The average molecular weight is 334 g/mol. The van der Waals surface area contributed by atoms with Gasteiger partial charge in [0, 0.05) is 26.1 Å². The molecule has 0 saturated carbocycles. The highest BCUT2D eigenvalue weighted by Gasteiger charge is 2.22. The van der Waals surface area contributed by atoms with Gasteiger partial charge in [0.1, 0.15) is 5.75 Å². The van der Waals surface area contributed by atoms with E-state index in [2.05, 4.69) is 17.4 Å². The number of methoxy groups -OCH3 is 1. The Balaban J connectivity index is 1.93. The maximum atomic E-state index is 12.2. The van der Waals surface area contributed by atoms with E-state index in [1.165, 1.54) is 16.0 Å². The molecule has 0 fully saturated rings. The van der Waals surface area contributed by atoms with Crippen molar-refractivity contribution in [2.75, 3.05) is 27.2 Å². The SMILES string of the molecule is COc1ccc2c(c1)CCCC2CNC(=O)N(C)CC(C)C(=O)O. The van der Waals surface area contributed by atoms with Crippen molar-refractivity contribution in [3.8, 4) is 5.75 Å². The van der Waals surface area contributed by atoms with Gasteiger partial charge in [-0.2, -0.15) is 0 Å². The Morgan fingerprint density at radius 1 is 1.46 bits per heavy atom. The highest BCUT2D eigenvalue weighted by Crippen LogP contribution is 2.33. The van der Waals surface area contributed by atoms with Gasteiger partial charge in [0.05, 0.1) is 13.0 Å². The second-order valence-corrected chi connectivity index (χ2v) is 6.46. The van der Waals surface area contributed by atoms with Crippen molar-refractivity contribution in [1.82, 2.24) is 10.2 Å². The maximum absolute atomic E-state index is 12.2. The van der Waals surface area contributed by atoms with Crippen molar-refractivity contribution in [3.63, 3.8) is 0 Å². The first-order valence-electron chi connectivity index (χ1n) is 8.31. The number of carboxylic acids is 1. The summed E-state index contributed by atoms with van der Waals surface area (Å²) in [5.74, 6) is -0.330. The van der Waals surface area contributed by atoms with Crippen LogP contribution in [0.3, 0.4) is 0 Å². The van der Waals surface area contributed by atoms with Gasteiger partial charge < -0.3 is 20.1 Å². The number of aliphatic carboxylic acids is 1. The lowest BCUT2D eigenvalue weighted by Crippen LogP contribution is -2.42. The van der Waals surface area contributed by atoms with Gasteiger partial charge in [0.15, 0.2) is 0 Å². The molecular weight excluding hydrogens is 308 g/mol. The number of urea groups is 1. The third-order valence-corrected chi connectivity index (χ3v) is 4.60. The van der Waals surface area contributed by atoms with Gasteiger partial charge in [0.25, 0.3) is 0 Å². The molecule has 1 aromatic rings. The number of carbonyl (C=O) groups is 2. The molecule has 0 aromatic heterocycles. The third-order valence-electron chi connectivity index (χ3n) is 4.60. The van der Waals surface area contributed by atoms with E-state index in [4.69, 9.17) is 9.84 Å². The number of rotatable bonds is 6. The normalized spacial score (nSPS) is 17.5. The Morgan fingerprint density at radius 3 is 2.88 bits per heavy atom. The van der Waals surface area contributed by atoms with E-state index in [1.54, 1.807) is 21.1 Å². The molecule has 0 aliphatic heterocycles. The zero-order valence-corrected chi connectivity index (χ0v) is 14.5. The predicted molar refractivity (Wildman–Crippen MR) is 91.5 cm³/mol. The molecule has 0 saturated heterocycles.